The van der Waals surface area contributed by atoms with E-state index in [1.807, 2.05) is 26.0 Å². The predicted molar refractivity (Wildman–Crippen MR) is 93.2 cm³/mol. The Morgan fingerprint density at radius 1 is 1.17 bits per heavy atom. The van der Waals surface area contributed by atoms with E-state index in [-0.39, 0.29) is 5.56 Å². The molecule has 0 unspecified atom stereocenters. The van der Waals surface area contributed by atoms with Crippen molar-refractivity contribution in [1.82, 2.24) is 15.8 Å². The molecule has 0 aliphatic carbocycles. The number of carbonyl (C=O) groups is 2. The van der Waals surface area contributed by atoms with E-state index in [9.17, 15) is 9.59 Å². The molecule has 0 saturated heterocycles. The molecule has 3 N–H and O–H groups in total. The van der Waals surface area contributed by atoms with Gasteiger partial charge in [-0.25, -0.2) is 0 Å². The number of hydrazine groups is 1. The largest absolute Gasteiger partial charge is 0.481 e. The Bertz CT molecular complexity index is 817. The average molecular weight is 345 g/mol. The van der Waals surface area contributed by atoms with Crippen LogP contribution in [0.5, 0.6) is 5.75 Å². The fraction of sp³-hybridized carbons (Fsp3) is 0.235. The van der Waals surface area contributed by atoms with Crippen molar-refractivity contribution >= 4 is 24.0 Å². The topological polar surface area (TPSA) is 83.2 Å². The van der Waals surface area contributed by atoms with Gasteiger partial charge in [-0.05, 0) is 50.1 Å². The molecule has 2 rings (SSSR count). The third-order valence-electron chi connectivity index (χ3n) is 3.59. The molecular formula is C17H19N3O3S. The van der Waals surface area contributed by atoms with Crippen molar-refractivity contribution in [3.05, 3.63) is 57.9 Å². The molecule has 126 valence electrons. The van der Waals surface area contributed by atoms with Gasteiger partial charge in [0.25, 0.3) is 11.8 Å². The summed E-state index contributed by atoms with van der Waals surface area (Å²) < 4.78 is 5.95. The van der Waals surface area contributed by atoms with Crippen LogP contribution in [0.15, 0.2) is 36.5 Å². The summed E-state index contributed by atoms with van der Waals surface area (Å²) in [5.74, 6) is -0.325. The number of aromatic nitrogens is 1. The standard InChI is InChI=1S/C17H19N3O3S/c1-10-6-4-8-14(11(10)2)23-12(3)15(21)19-20-16(22)13-7-5-9-18-17(13)24/h4-9,12H,1-3H3,(H,18,24)(H,19,21)(H,20,22)/t12-/m1/s1. The number of H-pyrrole nitrogens is 1. The molecule has 0 aliphatic rings. The quantitative estimate of drug-likeness (QED) is 0.587. The van der Waals surface area contributed by atoms with Gasteiger partial charge in [0.15, 0.2) is 6.10 Å². The fourth-order valence-electron chi connectivity index (χ4n) is 1.98. The minimum absolute atomic E-state index is 0.274. The lowest BCUT2D eigenvalue weighted by Crippen LogP contribution is -2.47. The Balaban J connectivity index is 1.95. The number of hydrogen-bond acceptors (Lipinski definition) is 4. The number of benzene rings is 1. The minimum Gasteiger partial charge on any atom is -0.481 e. The van der Waals surface area contributed by atoms with Gasteiger partial charge in [0, 0.05) is 6.20 Å². The van der Waals surface area contributed by atoms with Crippen LogP contribution in [0.3, 0.4) is 0 Å². The van der Waals surface area contributed by atoms with Crippen molar-refractivity contribution < 1.29 is 14.3 Å². The molecule has 2 aromatic rings. The van der Waals surface area contributed by atoms with Crippen LogP contribution in [-0.4, -0.2) is 22.9 Å². The summed E-state index contributed by atoms with van der Waals surface area (Å²) in [6, 6.07) is 8.85. The van der Waals surface area contributed by atoms with Crippen molar-refractivity contribution in [3.8, 4) is 5.75 Å². The molecule has 1 aromatic carbocycles. The molecule has 1 atom stereocenters. The molecular weight excluding hydrogens is 326 g/mol. The van der Waals surface area contributed by atoms with Gasteiger partial charge in [-0.1, -0.05) is 24.4 Å². The molecule has 2 amide bonds. The first-order valence-corrected chi connectivity index (χ1v) is 7.81. The molecule has 1 heterocycles. The highest BCUT2D eigenvalue weighted by Gasteiger charge is 2.17. The molecule has 24 heavy (non-hydrogen) atoms. The van der Waals surface area contributed by atoms with E-state index >= 15 is 0 Å². The third-order valence-corrected chi connectivity index (χ3v) is 3.93. The summed E-state index contributed by atoms with van der Waals surface area (Å²) in [6.07, 6.45) is 0.855. The lowest BCUT2D eigenvalue weighted by atomic mass is 10.1. The molecule has 0 bridgehead atoms. The van der Waals surface area contributed by atoms with Crippen molar-refractivity contribution in [2.24, 2.45) is 0 Å². The van der Waals surface area contributed by atoms with E-state index in [4.69, 9.17) is 17.0 Å². The van der Waals surface area contributed by atoms with E-state index < -0.39 is 17.9 Å². The first-order chi connectivity index (χ1) is 11.4. The van der Waals surface area contributed by atoms with Crippen molar-refractivity contribution in [2.75, 3.05) is 0 Å². The summed E-state index contributed by atoms with van der Waals surface area (Å²) >= 11 is 5.02. The highest BCUT2D eigenvalue weighted by atomic mass is 32.1. The van der Waals surface area contributed by atoms with Gasteiger partial charge in [-0.3, -0.25) is 20.4 Å². The Hall–Kier alpha value is -2.67. The number of hydrogen-bond donors (Lipinski definition) is 3. The maximum absolute atomic E-state index is 12.1. The van der Waals surface area contributed by atoms with Gasteiger partial charge in [-0.2, -0.15) is 0 Å². The zero-order valence-corrected chi connectivity index (χ0v) is 14.5. The number of rotatable bonds is 4. The zero-order chi connectivity index (χ0) is 17.7. The van der Waals surface area contributed by atoms with Crippen LogP contribution < -0.4 is 15.6 Å². The summed E-state index contributed by atoms with van der Waals surface area (Å²) in [4.78, 5) is 26.8. The second-order valence-corrected chi connectivity index (χ2v) is 5.72. The van der Waals surface area contributed by atoms with E-state index in [1.54, 1.807) is 31.3 Å². The number of carbonyl (C=O) groups excluding carboxylic acids is 2. The van der Waals surface area contributed by atoms with Crippen molar-refractivity contribution in [2.45, 2.75) is 26.9 Å². The Morgan fingerprint density at radius 3 is 2.62 bits per heavy atom. The SMILES string of the molecule is Cc1cccc(O[C@H](C)C(=O)NNC(=O)c2ccc[nH]c2=S)c1C. The number of pyridine rings is 1. The van der Waals surface area contributed by atoms with Crippen molar-refractivity contribution in [1.29, 1.82) is 0 Å². The Kier molecular flexibility index (Phi) is 5.70. The van der Waals surface area contributed by atoms with Crippen LogP contribution >= 0.6 is 12.2 Å². The van der Waals surface area contributed by atoms with Crippen LogP contribution in [0, 0.1) is 18.5 Å². The number of aromatic amines is 1. The van der Waals surface area contributed by atoms with Gasteiger partial charge in [-0.15, -0.1) is 0 Å². The van der Waals surface area contributed by atoms with E-state index in [0.29, 0.717) is 10.4 Å². The van der Waals surface area contributed by atoms with Gasteiger partial charge in [0.2, 0.25) is 0 Å². The number of ether oxygens (including phenoxy) is 1. The maximum atomic E-state index is 12.1. The third kappa shape index (κ3) is 4.20. The highest BCUT2D eigenvalue weighted by Crippen LogP contribution is 2.21. The molecule has 1 aromatic heterocycles. The Morgan fingerprint density at radius 2 is 1.92 bits per heavy atom. The molecule has 0 spiro atoms. The lowest BCUT2D eigenvalue weighted by Gasteiger charge is -2.17. The Labute approximate surface area is 145 Å². The number of aryl methyl sites for hydroxylation is 1. The van der Waals surface area contributed by atoms with Crippen LogP contribution in [0.4, 0.5) is 0 Å². The maximum Gasteiger partial charge on any atom is 0.279 e. The monoisotopic (exact) mass is 345 g/mol. The van der Waals surface area contributed by atoms with E-state index in [0.717, 1.165) is 11.1 Å². The second-order valence-electron chi connectivity index (χ2n) is 5.31. The average Bonchev–Trinajstić information content (AvgIpc) is 2.56. The van der Waals surface area contributed by atoms with Crippen molar-refractivity contribution in [3.63, 3.8) is 0 Å². The minimum atomic E-state index is -0.767. The van der Waals surface area contributed by atoms with E-state index in [2.05, 4.69) is 15.8 Å². The smallest absolute Gasteiger partial charge is 0.279 e. The number of amides is 2. The van der Waals surface area contributed by atoms with Gasteiger partial charge < -0.3 is 9.72 Å². The first-order valence-electron chi connectivity index (χ1n) is 7.41. The molecule has 7 heteroatoms. The normalized spacial score (nSPS) is 11.5. The summed E-state index contributed by atoms with van der Waals surface area (Å²) in [5, 5.41) is 0. The first kappa shape index (κ1) is 17.7. The number of nitrogens with one attached hydrogen (secondary N) is 3. The second kappa shape index (κ2) is 7.74. The summed E-state index contributed by atoms with van der Waals surface area (Å²) in [6.45, 7) is 5.50. The van der Waals surface area contributed by atoms with Gasteiger partial charge in [0.05, 0.1) is 5.56 Å². The predicted octanol–water partition coefficient (Wildman–Crippen LogP) is 2.59. The van der Waals surface area contributed by atoms with Crippen LogP contribution in [0.2, 0.25) is 0 Å². The lowest BCUT2D eigenvalue weighted by molar-refractivity contribution is -0.128. The summed E-state index contributed by atoms with van der Waals surface area (Å²) in [5.41, 5.74) is 6.98. The van der Waals surface area contributed by atoms with Crippen LogP contribution in [0.25, 0.3) is 0 Å². The van der Waals surface area contributed by atoms with E-state index in [1.165, 1.54) is 0 Å². The molecule has 0 aliphatic heterocycles. The summed E-state index contributed by atoms with van der Waals surface area (Å²) in [7, 11) is 0. The van der Waals surface area contributed by atoms with Crippen LogP contribution in [0.1, 0.15) is 28.4 Å². The van der Waals surface area contributed by atoms with Gasteiger partial charge in [0.1, 0.15) is 10.4 Å². The van der Waals surface area contributed by atoms with Gasteiger partial charge >= 0.3 is 0 Å². The fourth-order valence-corrected chi connectivity index (χ4v) is 2.21. The molecule has 0 fully saturated rings. The molecule has 6 nitrogen and oxygen atoms in total. The van der Waals surface area contributed by atoms with Crippen LogP contribution in [-0.2, 0) is 4.79 Å². The molecule has 0 saturated carbocycles. The zero-order valence-electron chi connectivity index (χ0n) is 13.7. The molecule has 0 radical (unpaired) electrons. The highest BCUT2D eigenvalue weighted by molar-refractivity contribution is 7.71.